The number of nitrogens with zero attached hydrogens (tertiary/aromatic N) is 1. The number of carbonyl (C=O) groups excluding carboxylic acids is 1. The maximum atomic E-state index is 12.3. The normalized spacial score (nSPS) is 12.0. The summed E-state index contributed by atoms with van der Waals surface area (Å²) in [6.07, 6.45) is 2.58. The monoisotopic (exact) mass is 333 g/mol. The minimum atomic E-state index is -3.42. The van der Waals surface area contributed by atoms with Crippen molar-refractivity contribution < 1.29 is 17.9 Å². The van der Waals surface area contributed by atoms with E-state index in [-0.39, 0.29) is 22.3 Å². The van der Waals surface area contributed by atoms with Gasteiger partial charge in [-0.25, -0.2) is 13.4 Å². The van der Waals surface area contributed by atoms with Crippen LogP contribution in [-0.4, -0.2) is 25.4 Å². The lowest BCUT2D eigenvalue weighted by Crippen LogP contribution is -2.20. The van der Waals surface area contributed by atoms with Crippen LogP contribution in [0.15, 0.2) is 47.5 Å². The highest BCUT2D eigenvalue weighted by Gasteiger charge is 2.23. The second-order valence-electron chi connectivity index (χ2n) is 6.28. The van der Waals surface area contributed by atoms with Gasteiger partial charge in [-0.15, -0.1) is 0 Å². The van der Waals surface area contributed by atoms with Crippen LogP contribution in [0, 0.1) is 5.41 Å². The lowest BCUT2D eigenvalue weighted by molar-refractivity contribution is 0.0858. The van der Waals surface area contributed by atoms with E-state index in [0.29, 0.717) is 5.56 Å². The maximum absolute atomic E-state index is 12.3. The second kappa shape index (κ2) is 6.12. The van der Waals surface area contributed by atoms with Gasteiger partial charge in [-0.3, -0.25) is 4.79 Å². The third kappa shape index (κ3) is 4.16. The fourth-order valence-electron chi connectivity index (χ4n) is 1.99. The Labute approximate surface area is 136 Å². The van der Waals surface area contributed by atoms with E-state index in [1.54, 1.807) is 24.3 Å². The first-order valence-electron chi connectivity index (χ1n) is 7.07. The molecule has 6 heteroatoms. The summed E-state index contributed by atoms with van der Waals surface area (Å²) in [7, 11) is -3.42. The third-order valence-electron chi connectivity index (χ3n) is 3.14. The van der Waals surface area contributed by atoms with E-state index in [9.17, 15) is 13.2 Å². The zero-order valence-electron chi connectivity index (χ0n) is 13.5. The van der Waals surface area contributed by atoms with Crippen molar-refractivity contribution in [2.75, 3.05) is 6.26 Å². The van der Waals surface area contributed by atoms with Gasteiger partial charge in [0, 0.05) is 29.5 Å². The number of aromatic nitrogens is 1. The molecule has 0 aliphatic rings. The van der Waals surface area contributed by atoms with E-state index in [2.05, 4.69) is 4.98 Å². The van der Waals surface area contributed by atoms with Crippen LogP contribution in [0.5, 0.6) is 11.6 Å². The van der Waals surface area contributed by atoms with Gasteiger partial charge in [0.2, 0.25) is 5.88 Å². The first kappa shape index (κ1) is 17.1. The maximum Gasteiger partial charge on any atom is 0.219 e. The lowest BCUT2D eigenvalue weighted by Gasteiger charge is -2.17. The van der Waals surface area contributed by atoms with Crippen LogP contribution in [0.25, 0.3) is 0 Å². The number of para-hydroxylation sites is 1. The minimum absolute atomic E-state index is 0.0406. The number of Topliss-reactive ketones (excluding diaryl/α,β-unsaturated/α-hetero) is 1. The Morgan fingerprint density at radius 1 is 1.13 bits per heavy atom. The van der Waals surface area contributed by atoms with Crippen molar-refractivity contribution in [3.8, 4) is 11.6 Å². The molecule has 2 aromatic rings. The quantitative estimate of drug-likeness (QED) is 0.801. The van der Waals surface area contributed by atoms with Crippen LogP contribution in [-0.2, 0) is 9.84 Å². The van der Waals surface area contributed by atoms with Crippen molar-refractivity contribution in [1.82, 2.24) is 4.98 Å². The average Bonchev–Trinajstić information content (AvgIpc) is 2.45. The van der Waals surface area contributed by atoms with Crippen molar-refractivity contribution in [3.05, 3.63) is 48.2 Å². The molecule has 0 radical (unpaired) electrons. The topological polar surface area (TPSA) is 73.3 Å². The van der Waals surface area contributed by atoms with Crippen molar-refractivity contribution in [3.63, 3.8) is 0 Å². The molecule has 1 heterocycles. The Morgan fingerprint density at radius 3 is 2.39 bits per heavy atom. The molecule has 0 amide bonds. The zero-order valence-corrected chi connectivity index (χ0v) is 14.3. The van der Waals surface area contributed by atoms with Crippen molar-refractivity contribution in [1.29, 1.82) is 0 Å². The second-order valence-corrected chi connectivity index (χ2v) is 8.27. The van der Waals surface area contributed by atoms with E-state index in [0.717, 1.165) is 6.26 Å². The highest BCUT2D eigenvalue weighted by atomic mass is 32.2. The molecular formula is C17H19NO4S. The predicted octanol–water partition coefficient (Wildman–Crippen LogP) is 3.51. The van der Waals surface area contributed by atoms with Crippen molar-refractivity contribution in [2.24, 2.45) is 5.41 Å². The van der Waals surface area contributed by atoms with Crippen molar-refractivity contribution >= 4 is 15.6 Å². The number of pyridine rings is 1. The van der Waals surface area contributed by atoms with Crippen LogP contribution in [0.2, 0.25) is 0 Å². The van der Waals surface area contributed by atoms with Gasteiger partial charge in [-0.2, -0.15) is 0 Å². The predicted molar refractivity (Wildman–Crippen MR) is 87.6 cm³/mol. The van der Waals surface area contributed by atoms with Crippen LogP contribution >= 0.6 is 0 Å². The number of carbonyl (C=O) groups is 1. The Kier molecular flexibility index (Phi) is 4.56. The number of hydrogen-bond donors (Lipinski definition) is 0. The third-order valence-corrected chi connectivity index (χ3v) is 4.28. The Bertz CT molecular complexity index is 836. The van der Waals surface area contributed by atoms with E-state index < -0.39 is 15.3 Å². The van der Waals surface area contributed by atoms with Gasteiger partial charge in [0.25, 0.3) is 0 Å². The summed E-state index contributed by atoms with van der Waals surface area (Å²) in [6.45, 7) is 5.49. The molecule has 0 aliphatic heterocycles. The number of ketones is 1. The summed E-state index contributed by atoms with van der Waals surface area (Å²) in [5.74, 6) is 0.320. The van der Waals surface area contributed by atoms with Gasteiger partial charge in [0.05, 0.1) is 0 Å². The molecule has 5 nitrogen and oxygen atoms in total. The van der Waals surface area contributed by atoms with Gasteiger partial charge < -0.3 is 4.74 Å². The summed E-state index contributed by atoms with van der Waals surface area (Å²) >= 11 is 0. The van der Waals surface area contributed by atoms with E-state index in [1.807, 2.05) is 20.8 Å². The van der Waals surface area contributed by atoms with Crippen LogP contribution in [0.3, 0.4) is 0 Å². The summed E-state index contributed by atoms with van der Waals surface area (Å²) in [4.78, 5) is 16.4. The zero-order chi connectivity index (χ0) is 17.3. The van der Waals surface area contributed by atoms with Crippen LogP contribution in [0.1, 0.15) is 31.1 Å². The molecule has 0 bridgehead atoms. The van der Waals surface area contributed by atoms with Gasteiger partial charge >= 0.3 is 0 Å². The molecule has 1 aromatic carbocycles. The number of rotatable bonds is 4. The number of sulfone groups is 1. The average molecular weight is 333 g/mol. The first-order valence-corrected chi connectivity index (χ1v) is 8.96. The minimum Gasteiger partial charge on any atom is -0.438 e. The lowest BCUT2D eigenvalue weighted by atomic mass is 9.87. The van der Waals surface area contributed by atoms with Crippen LogP contribution in [0.4, 0.5) is 0 Å². The molecule has 1 aromatic heterocycles. The summed E-state index contributed by atoms with van der Waals surface area (Å²) < 4.78 is 29.2. The molecule has 122 valence electrons. The highest BCUT2D eigenvalue weighted by Crippen LogP contribution is 2.29. The van der Waals surface area contributed by atoms with Gasteiger partial charge in [0.15, 0.2) is 15.6 Å². The van der Waals surface area contributed by atoms with E-state index >= 15 is 0 Å². The van der Waals surface area contributed by atoms with E-state index in [4.69, 9.17) is 4.74 Å². The molecule has 0 unspecified atom stereocenters. The molecule has 0 aliphatic carbocycles. The standard InChI is InChI=1S/C17H19NO4S/c1-17(2,3)16(19)12-9-10-18-15(11-12)22-13-7-5-6-8-14(13)23(4,20)21/h5-11H,1-4H3. The molecule has 0 atom stereocenters. The van der Waals surface area contributed by atoms with Gasteiger partial charge in [0.1, 0.15) is 10.6 Å². The van der Waals surface area contributed by atoms with Gasteiger partial charge in [-0.1, -0.05) is 32.9 Å². The molecular weight excluding hydrogens is 314 g/mol. The smallest absolute Gasteiger partial charge is 0.219 e. The molecule has 0 saturated heterocycles. The molecule has 2 rings (SSSR count). The number of hydrogen-bond acceptors (Lipinski definition) is 5. The number of benzene rings is 1. The van der Waals surface area contributed by atoms with E-state index in [1.165, 1.54) is 18.3 Å². The van der Waals surface area contributed by atoms with Crippen LogP contribution < -0.4 is 4.74 Å². The Balaban J connectivity index is 2.38. The summed E-state index contributed by atoms with van der Waals surface area (Å²) in [5.41, 5.74) is -0.0529. The fourth-order valence-corrected chi connectivity index (χ4v) is 2.79. The highest BCUT2D eigenvalue weighted by molar-refractivity contribution is 7.90. The SMILES string of the molecule is CC(C)(C)C(=O)c1ccnc(Oc2ccccc2S(C)(=O)=O)c1. The largest absolute Gasteiger partial charge is 0.438 e. The summed E-state index contributed by atoms with van der Waals surface area (Å²) in [5, 5.41) is 0. The Hall–Kier alpha value is -2.21. The first-order chi connectivity index (χ1) is 10.6. The molecule has 23 heavy (non-hydrogen) atoms. The number of ether oxygens (including phenoxy) is 1. The van der Waals surface area contributed by atoms with Gasteiger partial charge in [-0.05, 0) is 18.2 Å². The Morgan fingerprint density at radius 2 is 1.78 bits per heavy atom. The molecule has 0 N–H and O–H groups in total. The summed E-state index contributed by atoms with van der Waals surface area (Å²) in [6, 6.07) is 9.45. The molecule has 0 spiro atoms. The molecule has 0 saturated carbocycles. The fraction of sp³-hybridized carbons (Fsp3) is 0.294. The molecule has 0 fully saturated rings. The van der Waals surface area contributed by atoms with Crippen molar-refractivity contribution in [2.45, 2.75) is 25.7 Å².